The summed E-state index contributed by atoms with van der Waals surface area (Å²) in [4.78, 5) is 0. The van der Waals surface area contributed by atoms with Crippen LogP contribution >= 0.6 is 0 Å². The Bertz CT molecular complexity index is 192. The van der Waals surface area contributed by atoms with Gasteiger partial charge in [-0.3, -0.25) is 4.18 Å². The first-order valence-corrected chi connectivity index (χ1v) is 4.70. The molecule has 1 atom stereocenters. The van der Waals surface area contributed by atoms with Gasteiger partial charge in [-0.1, -0.05) is 0 Å². The minimum absolute atomic E-state index is 0.0151. The van der Waals surface area contributed by atoms with E-state index in [1.165, 1.54) is 0 Å². The highest BCUT2D eigenvalue weighted by molar-refractivity contribution is 7.86. The molecule has 0 aromatic heterocycles. The monoisotopic (exact) mass is 166 g/mol. The van der Waals surface area contributed by atoms with Crippen LogP contribution in [0.2, 0.25) is 0 Å². The molecule has 5 heteroatoms. The van der Waals surface area contributed by atoms with Crippen LogP contribution < -0.4 is 0 Å². The summed E-state index contributed by atoms with van der Waals surface area (Å²) in [5, 5.41) is 0. The van der Waals surface area contributed by atoms with Crippen molar-refractivity contribution in [2.24, 2.45) is 0 Å². The zero-order chi connectivity index (χ0) is 7.61. The van der Waals surface area contributed by atoms with Crippen molar-refractivity contribution in [3.63, 3.8) is 0 Å². The Morgan fingerprint density at radius 2 is 2.30 bits per heavy atom. The normalized spacial score (nSPS) is 24.7. The molecule has 1 aliphatic heterocycles. The molecule has 0 saturated carbocycles. The quantitative estimate of drug-likeness (QED) is 0.427. The first kappa shape index (κ1) is 7.97. The highest BCUT2D eigenvalue weighted by Crippen LogP contribution is 2.10. The summed E-state index contributed by atoms with van der Waals surface area (Å²) in [6.45, 7) is 2.35. The van der Waals surface area contributed by atoms with Crippen molar-refractivity contribution in [2.45, 2.75) is 13.0 Å². The molecule has 0 bridgehead atoms. The topological polar surface area (TPSA) is 55.9 Å². The maximum Gasteiger partial charge on any atom is 0.267 e. The molecule has 0 radical (unpaired) electrons. The average molecular weight is 166 g/mol. The van der Waals surface area contributed by atoms with Crippen LogP contribution in [0.1, 0.15) is 6.92 Å². The fraction of sp³-hybridized carbons (Fsp3) is 1.00. The van der Waals surface area contributed by atoms with Gasteiger partial charge in [0.2, 0.25) is 0 Å². The Kier molecular flexibility index (Phi) is 2.28. The SMILES string of the molecule is CCS(=O)(=O)OC[C@@H]1CO1. The Morgan fingerprint density at radius 3 is 2.70 bits per heavy atom. The first-order valence-electron chi connectivity index (χ1n) is 3.13. The summed E-state index contributed by atoms with van der Waals surface area (Å²) < 4.78 is 30.6. The molecule has 1 fully saturated rings. The van der Waals surface area contributed by atoms with Crippen LogP contribution in [0, 0.1) is 0 Å². The molecule has 0 N–H and O–H groups in total. The summed E-state index contributed by atoms with van der Waals surface area (Å²) in [6, 6.07) is 0. The van der Waals surface area contributed by atoms with Gasteiger partial charge in [-0.15, -0.1) is 0 Å². The Hall–Kier alpha value is -0.130. The Balaban J connectivity index is 2.22. The lowest BCUT2D eigenvalue weighted by atomic mass is 10.5. The van der Waals surface area contributed by atoms with Crippen molar-refractivity contribution in [1.82, 2.24) is 0 Å². The molecule has 0 unspecified atom stereocenters. The fourth-order valence-corrected chi connectivity index (χ4v) is 0.953. The minimum Gasteiger partial charge on any atom is -0.371 e. The second kappa shape index (κ2) is 2.86. The number of ether oxygens (including phenoxy) is 1. The van der Waals surface area contributed by atoms with E-state index in [4.69, 9.17) is 4.74 Å². The van der Waals surface area contributed by atoms with E-state index in [0.717, 1.165) is 0 Å². The number of hydrogen-bond donors (Lipinski definition) is 0. The van der Waals surface area contributed by atoms with Gasteiger partial charge in [0.05, 0.1) is 19.0 Å². The van der Waals surface area contributed by atoms with Crippen LogP contribution in [-0.2, 0) is 19.0 Å². The summed E-state index contributed by atoms with van der Waals surface area (Å²) in [5.74, 6) is 0.0275. The van der Waals surface area contributed by atoms with Crippen LogP contribution in [0.25, 0.3) is 0 Å². The van der Waals surface area contributed by atoms with Crippen LogP contribution in [0.15, 0.2) is 0 Å². The lowest BCUT2D eigenvalue weighted by Crippen LogP contribution is -2.12. The zero-order valence-corrected chi connectivity index (χ0v) is 6.56. The van der Waals surface area contributed by atoms with Gasteiger partial charge in [0.15, 0.2) is 0 Å². The predicted octanol–water partition coefficient (Wildman–Crippen LogP) is -0.248. The lowest BCUT2D eigenvalue weighted by molar-refractivity contribution is 0.267. The van der Waals surface area contributed by atoms with Crippen LogP contribution in [0.5, 0.6) is 0 Å². The zero-order valence-electron chi connectivity index (χ0n) is 5.74. The Labute approximate surface area is 60.3 Å². The van der Waals surface area contributed by atoms with Crippen molar-refractivity contribution in [2.75, 3.05) is 19.0 Å². The van der Waals surface area contributed by atoms with E-state index in [1.54, 1.807) is 6.92 Å². The molecule has 0 aromatic carbocycles. The van der Waals surface area contributed by atoms with E-state index in [2.05, 4.69) is 4.18 Å². The molecule has 60 valence electrons. The van der Waals surface area contributed by atoms with Crippen molar-refractivity contribution in [1.29, 1.82) is 0 Å². The van der Waals surface area contributed by atoms with Crippen molar-refractivity contribution < 1.29 is 17.3 Å². The van der Waals surface area contributed by atoms with E-state index < -0.39 is 10.1 Å². The molecule has 0 amide bonds. The van der Waals surface area contributed by atoms with Gasteiger partial charge >= 0.3 is 0 Å². The predicted molar refractivity (Wildman–Crippen MR) is 35.2 cm³/mol. The van der Waals surface area contributed by atoms with Gasteiger partial charge in [0.1, 0.15) is 6.10 Å². The van der Waals surface area contributed by atoms with Gasteiger partial charge in [-0.25, -0.2) is 0 Å². The molecule has 1 rings (SSSR count). The van der Waals surface area contributed by atoms with Gasteiger partial charge in [0, 0.05) is 0 Å². The minimum atomic E-state index is -3.25. The third-order valence-corrected chi connectivity index (χ3v) is 2.39. The van der Waals surface area contributed by atoms with Crippen molar-refractivity contribution in [3.05, 3.63) is 0 Å². The van der Waals surface area contributed by atoms with Crippen LogP contribution in [0.3, 0.4) is 0 Å². The van der Waals surface area contributed by atoms with Gasteiger partial charge < -0.3 is 4.74 Å². The van der Waals surface area contributed by atoms with Gasteiger partial charge in [-0.2, -0.15) is 8.42 Å². The van der Waals surface area contributed by atoms with E-state index >= 15 is 0 Å². The fourth-order valence-electron chi connectivity index (χ4n) is 0.427. The first-order chi connectivity index (χ1) is 4.64. The van der Waals surface area contributed by atoms with Crippen molar-refractivity contribution >= 4 is 10.1 Å². The van der Waals surface area contributed by atoms with E-state index in [0.29, 0.717) is 6.61 Å². The molecule has 1 saturated heterocycles. The number of epoxide rings is 1. The van der Waals surface area contributed by atoms with Gasteiger partial charge in [0.25, 0.3) is 10.1 Å². The molecular weight excluding hydrogens is 156 g/mol. The Morgan fingerprint density at radius 1 is 1.70 bits per heavy atom. The number of rotatable bonds is 4. The third-order valence-electron chi connectivity index (χ3n) is 1.19. The highest BCUT2D eigenvalue weighted by Gasteiger charge is 2.24. The van der Waals surface area contributed by atoms with Crippen molar-refractivity contribution in [3.8, 4) is 0 Å². The second-order valence-corrected chi connectivity index (χ2v) is 4.01. The van der Waals surface area contributed by atoms with Crippen LogP contribution in [0.4, 0.5) is 0 Å². The smallest absolute Gasteiger partial charge is 0.267 e. The molecule has 1 heterocycles. The maximum atomic E-state index is 10.7. The standard InChI is InChI=1S/C5H10O4S/c1-2-10(6,7)9-4-5-3-8-5/h5H,2-4H2,1H3/t5-/m0/s1. The molecule has 0 aromatic rings. The molecule has 10 heavy (non-hydrogen) atoms. The van der Waals surface area contributed by atoms with E-state index in [9.17, 15) is 8.42 Å². The number of hydrogen-bond acceptors (Lipinski definition) is 4. The molecule has 4 nitrogen and oxygen atoms in total. The lowest BCUT2D eigenvalue weighted by Gasteiger charge is -1.98. The van der Waals surface area contributed by atoms with Gasteiger partial charge in [-0.05, 0) is 6.92 Å². The average Bonchev–Trinajstić information content (AvgIpc) is 2.66. The molecule has 0 spiro atoms. The van der Waals surface area contributed by atoms with Crippen LogP contribution in [-0.4, -0.2) is 33.5 Å². The summed E-state index contributed by atoms with van der Waals surface area (Å²) in [6.07, 6.45) is 0.0151. The third kappa shape index (κ3) is 2.64. The highest BCUT2D eigenvalue weighted by atomic mass is 32.2. The molecule has 1 aliphatic rings. The van der Waals surface area contributed by atoms with E-state index in [1.807, 2.05) is 0 Å². The maximum absolute atomic E-state index is 10.7. The molecular formula is C5H10O4S. The summed E-state index contributed by atoms with van der Waals surface area (Å²) >= 11 is 0. The largest absolute Gasteiger partial charge is 0.371 e. The second-order valence-electron chi connectivity index (χ2n) is 2.09. The van der Waals surface area contributed by atoms with E-state index in [-0.39, 0.29) is 18.5 Å². The molecule has 0 aliphatic carbocycles. The summed E-state index contributed by atoms with van der Waals surface area (Å²) in [7, 11) is -3.25. The summed E-state index contributed by atoms with van der Waals surface area (Å²) in [5.41, 5.74) is 0.